The molecule has 0 aliphatic carbocycles. The Hall–Kier alpha value is -1.35. The normalized spacial score (nSPS) is 13.7. The first-order valence-electron chi connectivity index (χ1n) is 3.11. The maximum absolute atomic E-state index is 12.1. The van der Waals surface area contributed by atoms with Gasteiger partial charge >= 0.3 is 24.2 Å². The highest BCUT2D eigenvalue weighted by Crippen LogP contribution is 2.41. The molecule has 0 heterocycles. The largest absolute Gasteiger partial charge is 0.460 e. The number of halogens is 9. The number of ether oxygens (including phenoxy) is 1. The molecular formula is C6F9O. The predicted octanol–water partition coefficient (Wildman–Crippen LogP) is 3.85. The summed E-state index contributed by atoms with van der Waals surface area (Å²) in [6.07, 6.45) is -9.41. The van der Waals surface area contributed by atoms with Gasteiger partial charge in [-0.05, 0) is 0 Å². The molecule has 0 aliphatic rings. The van der Waals surface area contributed by atoms with Crippen LogP contribution in [0.5, 0.6) is 0 Å². The van der Waals surface area contributed by atoms with Crippen LogP contribution in [0.3, 0.4) is 0 Å². The third-order valence-electron chi connectivity index (χ3n) is 1.01. The van der Waals surface area contributed by atoms with Crippen molar-refractivity contribution in [1.82, 2.24) is 0 Å². The second kappa shape index (κ2) is 4.66. The summed E-state index contributed by atoms with van der Waals surface area (Å²) in [4.78, 5) is 0. The van der Waals surface area contributed by atoms with Crippen molar-refractivity contribution in [2.24, 2.45) is 0 Å². The zero-order valence-electron chi connectivity index (χ0n) is 6.81. The summed E-state index contributed by atoms with van der Waals surface area (Å²) < 4.78 is 107. The van der Waals surface area contributed by atoms with Gasteiger partial charge in [-0.1, -0.05) is 0 Å². The number of hydrogen-bond donors (Lipinski definition) is 0. The van der Waals surface area contributed by atoms with E-state index in [0.717, 1.165) is 0 Å². The van der Waals surface area contributed by atoms with E-state index in [0.29, 0.717) is 0 Å². The smallest absolute Gasteiger partial charge is 0.421 e. The van der Waals surface area contributed by atoms with Crippen molar-refractivity contribution in [1.29, 1.82) is 0 Å². The average Bonchev–Trinajstić information content (AvgIpc) is 2.11. The Kier molecular flexibility index (Phi) is 4.27. The Bertz CT molecular complexity index is 308. The van der Waals surface area contributed by atoms with E-state index in [-0.39, 0.29) is 6.26 Å². The van der Waals surface area contributed by atoms with E-state index in [1.807, 2.05) is 0 Å². The van der Waals surface area contributed by atoms with E-state index < -0.39 is 30.0 Å². The molecule has 0 bridgehead atoms. The molecule has 0 amide bonds. The minimum absolute atomic E-state index is 0.0777. The lowest BCUT2D eigenvalue weighted by Gasteiger charge is -2.16. The first-order valence-corrected chi connectivity index (χ1v) is 3.11. The fraction of sp³-hybridized carbons (Fsp3) is 0.333. The van der Waals surface area contributed by atoms with Crippen LogP contribution in [-0.2, 0) is 4.74 Å². The van der Waals surface area contributed by atoms with Crippen molar-refractivity contribution >= 4 is 0 Å². The van der Waals surface area contributed by atoms with E-state index in [9.17, 15) is 39.5 Å². The highest BCUT2D eigenvalue weighted by Gasteiger charge is 2.61. The second-order valence-electron chi connectivity index (χ2n) is 2.12. The molecule has 0 N–H and O–H groups in total. The van der Waals surface area contributed by atoms with Crippen LogP contribution < -0.4 is 0 Å². The van der Waals surface area contributed by atoms with Crippen molar-refractivity contribution in [2.75, 3.05) is 0 Å². The second-order valence-corrected chi connectivity index (χ2v) is 2.12. The predicted molar refractivity (Wildman–Crippen MR) is 30.3 cm³/mol. The van der Waals surface area contributed by atoms with E-state index in [2.05, 4.69) is 4.74 Å². The molecule has 16 heavy (non-hydrogen) atoms. The zero-order valence-corrected chi connectivity index (χ0v) is 6.81. The summed E-state index contributed by atoms with van der Waals surface area (Å²) in [5, 5.41) is 0. The number of allylic oxidation sites excluding steroid dienone is 1. The van der Waals surface area contributed by atoms with Crippen LogP contribution in [0.1, 0.15) is 0 Å². The third-order valence-corrected chi connectivity index (χ3v) is 1.01. The van der Waals surface area contributed by atoms with Crippen molar-refractivity contribution < 1.29 is 44.3 Å². The van der Waals surface area contributed by atoms with Gasteiger partial charge < -0.3 is 4.74 Å². The molecule has 0 rings (SSSR count). The van der Waals surface area contributed by atoms with Crippen LogP contribution in [-0.4, -0.2) is 12.1 Å². The van der Waals surface area contributed by atoms with Gasteiger partial charge in [0.25, 0.3) is 0 Å². The lowest BCUT2D eigenvalue weighted by Crippen LogP contribution is -2.37. The molecule has 0 aromatic heterocycles. The summed E-state index contributed by atoms with van der Waals surface area (Å²) in [5.41, 5.74) is 0. The fourth-order valence-corrected chi connectivity index (χ4v) is 0.317. The summed E-state index contributed by atoms with van der Waals surface area (Å²) in [7, 11) is 0. The Morgan fingerprint density at radius 3 is 1.62 bits per heavy atom. The van der Waals surface area contributed by atoms with E-state index in [1.54, 1.807) is 0 Å². The Balaban J connectivity index is 4.88. The summed E-state index contributed by atoms with van der Waals surface area (Å²) in [6, 6.07) is -2.84. The molecule has 0 saturated heterocycles. The van der Waals surface area contributed by atoms with E-state index in [4.69, 9.17) is 0 Å². The monoisotopic (exact) mass is 259 g/mol. The number of alkyl halides is 5. The maximum Gasteiger partial charge on any atom is 0.460 e. The molecule has 10 heteroatoms. The van der Waals surface area contributed by atoms with Crippen LogP contribution in [0.4, 0.5) is 39.5 Å². The van der Waals surface area contributed by atoms with Crippen molar-refractivity contribution in [3.05, 3.63) is 24.2 Å². The first kappa shape index (κ1) is 14.6. The Morgan fingerprint density at radius 2 is 1.31 bits per heavy atom. The van der Waals surface area contributed by atoms with Gasteiger partial charge in [-0.15, -0.1) is 0 Å². The molecule has 0 aromatic rings. The number of hydrogen-bond acceptors (Lipinski definition) is 1. The molecule has 0 spiro atoms. The van der Waals surface area contributed by atoms with Crippen LogP contribution in [0, 0.1) is 6.26 Å². The highest BCUT2D eigenvalue weighted by atomic mass is 19.4. The van der Waals surface area contributed by atoms with Crippen molar-refractivity contribution in [3.8, 4) is 0 Å². The maximum atomic E-state index is 12.1. The molecule has 1 radical (unpaired) electrons. The molecule has 0 atom stereocenters. The summed E-state index contributed by atoms with van der Waals surface area (Å²) in [6.45, 7) is 0. The molecule has 0 saturated carbocycles. The van der Waals surface area contributed by atoms with Gasteiger partial charge in [0.05, 0.1) is 0 Å². The van der Waals surface area contributed by atoms with Crippen LogP contribution in [0.25, 0.3) is 0 Å². The van der Waals surface area contributed by atoms with E-state index >= 15 is 0 Å². The van der Waals surface area contributed by atoms with Crippen LogP contribution >= 0.6 is 0 Å². The van der Waals surface area contributed by atoms with Gasteiger partial charge in [-0.3, -0.25) is 0 Å². The SMILES string of the molecule is FC(F)=C(F)O/[C]=C(\F)C(F)(F)C(F)(F)F. The molecular weight excluding hydrogens is 259 g/mol. The molecule has 0 fully saturated rings. The van der Waals surface area contributed by atoms with Gasteiger partial charge in [-0.2, -0.15) is 35.1 Å². The summed E-state index contributed by atoms with van der Waals surface area (Å²) in [5.74, 6) is -9.38. The zero-order chi connectivity index (χ0) is 13.1. The lowest BCUT2D eigenvalue weighted by atomic mass is 10.3. The minimum atomic E-state index is -6.32. The summed E-state index contributed by atoms with van der Waals surface area (Å²) >= 11 is 0. The average molecular weight is 259 g/mol. The van der Waals surface area contributed by atoms with Gasteiger partial charge in [0.15, 0.2) is 0 Å². The van der Waals surface area contributed by atoms with Gasteiger partial charge in [0, 0.05) is 0 Å². The molecule has 0 aliphatic heterocycles. The molecule has 0 aromatic carbocycles. The lowest BCUT2D eigenvalue weighted by molar-refractivity contribution is -0.271. The van der Waals surface area contributed by atoms with Crippen LogP contribution in [0.15, 0.2) is 17.9 Å². The van der Waals surface area contributed by atoms with Crippen molar-refractivity contribution in [2.45, 2.75) is 12.1 Å². The van der Waals surface area contributed by atoms with E-state index in [1.165, 1.54) is 0 Å². The third kappa shape index (κ3) is 3.35. The Morgan fingerprint density at radius 1 is 0.875 bits per heavy atom. The van der Waals surface area contributed by atoms with Gasteiger partial charge in [0.2, 0.25) is 12.1 Å². The minimum Gasteiger partial charge on any atom is -0.421 e. The number of rotatable bonds is 3. The topological polar surface area (TPSA) is 9.23 Å². The Labute approximate surface area is 81.8 Å². The highest BCUT2D eigenvalue weighted by molar-refractivity contribution is 5.03. The van der Waals surface area contributed by atoms with Crippen molar-refractivity contribution in [3.63, 3.8) is 0 Å². The molecule has 1 nitrogen and oxygen atoms in total. The van der Waals surface area contributed by atoms with Gasteiger partial charge in [0.1, 0.15) is 0 Å². The standard InChI is InChI=1S/C6F9O/c7-2(1-16-4(10)3(8)9)5(11,12)6(13,14)15. The fourth-order valence-electron chi connectivity index (χ4n) is 0.317. The van der Waals surface area contributed by atoms with Crippen LogP contribution in [0.2, 0.25) is 0 Å². The molecule has 0 unspecified atom stereocenters. The van der Waals surface area contributed by atoms with Gasteiger partial charge in [-0.25, -0.2) is 4.39 Å². The molecule has 93 valence electrons. The first-order chi connectivity index (χ1) is 7.00. The quantitative estimate of drug-likeness (QED) is 0.552.